The number of hydrogen-bond donors (Lipinski definition) is 0. The number of hydrogen-bond acceptors (Lipinski definition) is 5. The summed E-state index contributed by atoms with van der Waals surface area (Å²) in [5, 5.41) is 11.5. The number of benzene rings is 1. The van der Waals surface area contributed by atoms with Crippen molar-refractivity contribution in [2.45, 2.75) is 11.6 Å². The molecule has 0 amide bonds. The first-order chi connectivity index (χ1) is 9.66. The second-order valence-corrected chi connectivity index (χ2v) is 5.18. The normalized spacial score (nSPS) is 10.4. The van der Waals surface area contributed by atoms with Gasteiger partial charge in [-0.3, -0.25) is 10.1 Å². The summed E-state index contributed by atoms with van der Waals surface area (Å²) < 4.78 is 7.50. The fourth-order valence-corrected chi connectivity index (χ4v) is 2.41. The number of ether oxygens (including phenoxy) is 1. The lowest BCUT2D eigenvalue weighted by Gasteiger charge is -2.05. The number of rotatable bonds is 7. The molecule has 2 aromatic rings. The number of non-ortho nitro benzene ring substituents is 1. The summed E-state index contributed by atoms with van der Waals surface area (Å²) in [5.41, 5.74) is 0.0719. The molecular weight excluding hydrogens is 278 g/mol. The predicted octanol–water partition coefficient (Wildman–Crippen LogP) is 2.89. The number of aryl methyl sites for hydroxylation is 1. The largest absolute Gasteiger partial charge is 0.494 e. The van der Waals surface area contributed by atoms with E-state index in [1.54, 1.807) is 30.1 Å². The molecule has 0 fully saturated rings. The Kier molecular flexibility index (Phi) is 5.00. The molecule has 1 aromatic heterocycles. The third-order valence-corrected chi connectivity index (χ3v) is 3.76. The summed E-state index contributed by atoms with van der Waals surface area (Å²) in [7, 11) is 1.96. The van der Waals surface area contributed by atoms with Crippen LogP contribution in [0.5, 0.6) is 5.75 Å². The molecule has 1 aromatic carbocycles. The number of nitrogens with zero attached hydrogens (tertiary/aromatic N) is 3. The van der Waals surface area contributed by atoms with Gasteiger partial charge in [-0.05, 0) is 18.6 Å². The molecule has 0 aliphatic heterocycles. The van der Waals surface area contributed by atoms with Crippen LogP contribution < -0.4 is 4.74 Å². The minimum Gasteiger partial charge on any atom is -0.494 e. The Morgan fingerprint density at radius 2 is 2.15 bits per heavy atom. The van der Waals surface area contributed by atoms with E-state index in [0.717, 1.165) is 17.3 Å². The lowest BCUT2D eigenvalue weighted by atomic mass is 10.3. The predicted molar refractivity (Wildman–Crippen MR) is 77.1 cm³/mol. The zero-order chi connectivity index (χ0) is 14.4. The van der Waals surface area contributed by atoms with Crippen LogP contribution >= 0.6 is 11.8 Å². The van der Waals surface area contributed by atoms with Gasteiger partial charge in [0.25, 0.3) is 5.69 Å². The molecule has 6 nitrogen and oxygen atoms in total. The quantitative estimate of drug-likeness (QED) is 0.340. The maximum atomic E-state index is 10.5. The SMILES string of the molecule is Cn1ccnc1SCCCOc1ccc([N+](=O)[O-])cc1. The van der Waals surface area contributed by atoms with Crippen molar-refractivity contribution in [1.29, 1.82) is 0 Å². The minimum absolute atomic E-state index is 0.0719. The second-order valence-electron chi connectivity index (χ2n) is 4.12. The Morgan fingerprint density at radius 3 is 2.75 bits per heavy atom. The first kappa shape index (κ1) is 14.4. The summed E-state index contributed by atoms with van der Waals surface area (Å²) in [6.45, 7) is 0.579. The number of thioether (sulfide) groups is 1. The van der Waals surface area contributed by atoms with Gasteiger partial charge in [0.1, 0.15) is 5.75 Å². The van der Waals surface area contributed by atoms with Crippen LogP contribution in [0.15, 0.2) is 41.8 Å². The fraction of sp³-hybridized carbons (Fsp3) is 0.308. The molecule has 0 unspecified atom stereocenters. The highest BCUT2D eigenvalue weighted by molar-refractivity contribution is 7.99. The monoisotopic (exact) mass is 293 g/mol. The zero-order valence-corrected chi connectivity index (χ0v) is 11.9. The topological polar surface area (TPSA) is 70.2 Å². The van der Waals surface area contributed by atoms with E-state index >= 15 is 0 Å². The van der Waals surface area contributed by atoms with Gasteiger partial charge in [-0.1, -0.05) is 11.8 Å². The average molecular weight is 293 g/mol. The summed E-state index contributed by atoms with van der Waals surface area (Å²) in [6, 6.07) is 6.12. The summed E-state index contributed by atoms with van der Waals surface area (Å²) in [4.78, 5) is 14.3. The van der Waals surface area contributed by atoms with Crippen LogP contribution in [0.2, 0.25) is 0 Å². The first-order valence-corrected chi connectivity index (χ1v) is 7.13. The van der Waals surface area contributed by atoms with E-state index in [2.05, 4.69) is 4.98 Å². The van der Waals surface area contributed by atoms with E-state index in [9.17, 15) is 10.1 Å². The van der Waals surface area contributed by atoms with Crippen LogP contribution in [0, 0.1) is 10.1 Å². The van der Waals surface area contributed by atoms with Gasteiger partial charge in [-0.2, -0.15) is 0 Å². The standard InChI is InChI=1S/C13H15N3O3S/c1-15-8-7-14-13(15)20-10-2-9-19-12-5-3-11(4-6-12)16(17)18/h3-8H,2,9-10H2,1H3. The molecule has 0 spiro atoms. The lowest BCUT2D eigenvalue weighted by molar-refractivity contribution is -0.384. The van der Waals surface area contributed by atoms with Gasteiger partial charge >= 0.3 is 0 Å². The first-order valence-electron chi connectivity index (χ1n) is 6.14. The van der Waals surface area contributed by atoms with E-state index in [0.29, 0.717) is 12.4 Å². The molecule has 0 N–H and O–H groups in total. The lowest BCUT2D eigenvalue weighted by Crippen LogP contribution is -1.99. The van der Waals surface area contributed by atoms with Gasteiger partial charge in [0.15, 0.2) is 5.16 Å². The summed E-state index contributed by atoms with van der Waals surface area (Å²) in [6.07, 6.45) is 4.57. The van der Waals surface area contributed by atoms with Gasteiger partial charge in [-0.25, -0.2) is 4.98 Å². The van der Waals surface area contributed by atoms with Gasteiger partial charge in [0.05, 0.1) is 11.5 Å². The highest BCUT2D eigenvalue weighted by Crippen LogP contribution is 2.18. The molecule has 0 radical (unpaired) electrons. The molecule has 0 bridgehead atoms. The number of nitro benzene ring substituents is 1. The van der Waals surface area contributed by atoms with Gasteiger partial charge in [0, 0.05) is 37.3 Å². The van der Waals surface area contributed by atoms with E-state index in [1.165, 1.54) is 12.1 Å². The maximum absolute atomic E-state index is 10.5. The minimum atomic E-state index is -0.423. The molecule has 20 heavy (non-hydrogen) atoms. The molecule has 0 saturated carbocycles. The van der Waals surface area contributed by atoms with Crippen molar-refractivity contribution in [2.75, 3.05) is 12.4 Å². The molecule has 0 aliphatic rings. The average Bonchev–Trinajstić information content (AvgIpc) is 2.84. The van der Waals surface area contributed by atoms with Gasteiger partial charge in [-0.15, -0.1) is 0 Å². The van der Waals surface area contributed by atoms with Crippen molar-refractivity contribution in [1.82, 2.24) is 9.55 Å². The number of nitro groups is 1. The van der Waals surface area contributed by atoms with Crippen LogP contribution in [-0.2, 0) is 7.05 Å². The molecule has 2 rings (SSSR count). The molecule has 1 heterocycles. The fourth-order valence-electron chi connectivity index (χ4n) is 1.57. The van der Waals surface area contributed by atoms with E-state index in [4.69, 9.17) is 4.74 Å². The Balaban J connectivity index is 1.68. The number of imidazole rings is 1. The van der Waals surface area contributed by atoms with Crippen LogP contribution in [0.4, 0.5) is 5.69 Å². The van der Waals surface area contributed by atoms with Crippen LogP contribution in [-0.4, -0.2) is 26.8 Å². The third kappa shape index (κ3) is 3.99. The maximum Gasteiger partial charge on any atom is 0.269 e. The van der Waals surface area contributed by atoms with Crippen molar-refractivity contribution in [3.8, 4) is 5.75 Å². The van der Waals surface area contributed by atoms with Gasteiger partial charge < -0.3 is 9.30 Å². The smallest absolute Gasteiger partial charge is 0.269 e. The molecule has 7 heteroatoms. The van der Waals surface area contributed by atoms with Gasteiger partial charge in [0.2, 0.25) is 0 Å². The third-order valence-electron chi connectivity index (χ3n) is 2.61. The van der Waals surface area contributed by atoms with E-state index < -0.39 is 4.92 Å². The van der Waals surface area contributed by atoms with Crippen molar-refractivity contribution in [3.63, 3.8) is 0 Å². The van der Waals surface area contributed by atoms with Crippen molar-refractivity contribution < 1.29 is 9.66 Å². The molecule has 0 saturated heterocycles. The molecule has 0 aliphatic carbocycles. The summed E-state index contributed by atoms with van der Waals surface area (Å²) >= 11 is 1.68. The Morgan fingerprint density at radius 1 is 1.40 bits per heavy atom. The van der Waals surface area contributed by atoms with Crippen molar-refractivity contribution in [2.24, 2.45) is 7.05 Å². The van der Waals surface area contributed by atoms with Crippen LogP contribution in [0.25, 0.3) is 0 Å². The highest BCUT2D eigenvalue weighted by Gasteiger charge is 2.04. The van der Waals surface area contributed by atoms with E-state index in [-0.39, 0.29) is 5.69 Å². The number of aromatic nitrogens is 2. The Bertz CT molecular complexity index is 568. The Labute approximate surface area is 120 Å². The Hall–Kier alpha value is -2.02. The second kappa shape index (κ2) is 6.95. The summed E-state index contributed by atoms with van der Waals surface area (Å²) in [5.74, 6) is 1.57. The van der Waals surface area contributed by atoms with Crippen molar-refractivity contribution >= 4 is 17.4 Å². The highest BCUT2D eigenvalue weighted by atomic mass is 32.2. The molecular formula is C13H15N3O3S. The zero-order valence-electron chi connectivity index (χ0n) is 11.1. The van der Waals surface area contributed by atoms with Crippen LogP contribution in [0.1, 0.15) is 6.42 Å². The van der Waals surface area contributed by atoms with Crippen molar-refractivity contribution in [3.05, 3.63) is 46.8 Å². The van der Waals surface area contributed by atoms with E-state index in [1.807, 2.05) is 17.8 Å². The molecule has 0 atom stereocenters. The van der Waals surface area contributed by atoms with Crippen LogP contribution in [0.3, 0.4) is 0 Å². The molecule has 106 valence electrons.